The summed E-state index contributed by atoms with van der Waals surface area (Å²) in [7, 11) is 0. The van der Waals surface area contributed by atoms with Gasteiger partial charge in [0.2, 0.25) is 0 Å². The first-order chi connectivity index (χ1) is 9.52. The Balaban J connectivity index is 1.85. The van der Waals surface area contributed by atoms with Crippen LogP contribution in [0.4, 0.5) is 0 Å². The summed E-state index contributed by atoms with van der Waals surface area (Å²) < 4.78 is 0. The van der Waals surface area contributed by atoms with E-state index in [4.69, 9.17) is 23.2 Å². The lowest BCUT2D eigenvalue weighted by molar-refractivity contribution is 0.0975. The minimum Gasteiger partial charge on any atom is -0.313 e. The lowest BCUT2D eigenvalue weighted by atomic mass is 9.55. The summed E-state index contributed by atoms with van der Waals surface area (Å²) in [5, 5.41) is 5.36. The van der Waals surface area contributed by atoms with Gasteiger partial charge in [0, 0.05) is 28.0 Å². The predicted octanol–water partition coefficient (Wildman–Crippen LogP) is 5.05. The van der Waals surface area contributed by atoms with Crippen molar-refractivity contribution in [3.8, 4) is 0 Å². The minimum absolute atomic E-state index is 0.146. The molecule has 0 aromatic heterocycles. The summed E-state index contributed by atoms with van der Waals surface area (Å²) in [5.74, 6) is 1.54. The van der Waals surface area contributed by atoms with Crippen molar-refractivity contribution in [2.24, 2.45) is 11.8 Å². The van der Waals surface area contributed by atoms with Gasteiger partial charge >= 0.3 is 0 Å². The van der Waals surface area contributed by atoms with Gasteiger partial charge in [-0.05, 0) is 55.2 Å². The highest BCUT2D eigenvalue weighted by atomic mass is 35.5. The Labute approximate surface area is 132 Å². The standard InChI is InChI=1S/C17H23Cl2N/c1-11(2)12-8-17(9-12,10-20-13-6-7-13)16-14(18)4-3-5-15(16)19/h3-5,11-13,20H,6-10H2,1-2H3. The fourth-order valence-electron chi connectivity index (χ4n) is 3.48. The highest BCUT2D eigenvalue weighted by Gasteiger charge is 2.48. The maximum absolute atomic E-state index is 6.47. The van der Waals surface area contributed by atoms with Crippen LogP contribution in [-0.4, -0.2) is 12.6 Å². The fraction of sp³-hybridized carbons (Fsp3) is 0.647. The van der Waals surface area contributed by atoms with E-state index < -0.39 is 0 Å². The molecule has 2 aliphatic rings. The van der Waals surface area contributed by atoms with Gasteiger partial charge in [-0.25, -0.2) is 0 Å². The van der Waals surface area contributed by atoms with E-state index in [2.05, 4.69) is 19.2 Å². The molecule has 0 aliphatic heterocycles. The molecule has 0 spiro atoms. The quantitative estimate of drug-likeness (QED) is 0.802. The zero-order chi connectivity index (χ0) is 14.3. The molecule has 0 saturated heterocycles. The normalized spacial score (nSPS) is 29.6. The molecule has 1 N–H and O–H groups in total. The van der Waals surface area contributed by atoms with Gasteiger partial charge in [-0.1, -0.05) is 43.1 Å². The molecule has 0 amide bonds. The van der Waals surface area contributed by atoms with Crippen molar-refractivity contribution in [2.75, 3.05) is 6.54 Å². The topological polar surface area (TPSA) is 12.0 Å². The Hall–Kier alpha value is -0.240. The summed E-state index contributed by atoms with van der Waals surface area (Å²) >= 11 is 12.9. The monoisotopic (exact) mass is 311 g/mol. The van der Waals surface area contributed by atoms with Gasteiger partial charge in [0.25, 0.3) is 0 Å². The molecule has 1 aromatic rings. The molecule has 3 rings (SSSR count). The lowest BCUT2D eigenvalue weighted by Crippen LogP contribution is -2.50. The first-order valence-electron chi connectivity index (χ1n) is 7.70. The van der Waals surface area contributed by atoms with Crippen molar-refractivity contribution in [3.05, 3.63) is 33.8 Å². The molecule has 2 fully saturated rings. The maximum Gasteiger partial charge on any atom is 0.0459 e. The zero-order valence-electron chi connectivity index (χ0n) is 12.3. The van der Waals surface area contributed by atoms with Crippen molar-refractivity contribution in [1.82, 2.24) is 5.32 Å². The molecule has 1 aromatic carbocycles. The van der Waals surface area contributed by atoms with Crippen molar-refractivity contribution in [2.45, 2.75) is 51.0 Å². The minimum atomic E-state index is 0.146. The number of rotatable bonds is 5. The van der Waals surface area contributed by atoms with Crippen LogP contribution >= 0.6 is 23.2 Å². The average Bonchev–Trinajstić information content (AvgIpc) is 3.13. The summed E-state index contributed by atoms with van der Waals surface area (Å²) in [5.41, 5.74) is 1.32. The number of hydrogen-bond acceptors (Lipinski definition) is 1. The number of hydrogen-bond donors (Lipinski definition) is 1. The predicted molar refractivity (Wildman–Crippen MR) is 86.7 cm³/mol. The Morgan fingerprint density at radius 3 is 2.30 bits per heavy atom. The molecule has 1 nitrogen and oxygen atoms in total. The van der Waals surface area contributed by atoms with Crippen molar-refractivity contribution in [1.29, 1.82) is 0 Å². The molecule has 2 aliphatic carbocycles. The van der Waals surface area contributed by atoms with E-state index in [1.807, 2.05) is 18.2 Å². The highest BCUT2D eigenvalue weighted by molar-refractivity contribution is 6.36. The van der Waals surface area contributed by atoms with Crippen LogP contribution in [0.3, 0.4) is 0 Å². The molecule has 0 bridgehead atoms. The van der Waals surface area contributed by atoms with Gasteiger partial charge in [0.15, 0.2) is 0 Å². The van der Waals surface area contributed by atoms with Crippen LogP contribution in [0.1, 0.15) is 45.1 Å². The molecule has 0 unspecified atom stereocenters. The Kier molecular flexibility index (Phi) is 4.05. The fourth-order valence-corrected chi connectivity index (χ4v) is 4.28. The zero-order valence-corrected chi connectivity index (χ0v) is 13.8. The highest BCUT2D eigenvalue weighted by Crippen LogP contribution is 2.54. The molecule has 3 heteroatoms. The van der Waals surface area contributed by atoms with Crippen molar-refractivity contribution in [3.63, 3.8) is 0 Å². The Bertz CT molecular complexity index is 462. The average molecular weight is 312 g/mol. The summed E-state index contributed by atoms with van der Waals surface area (Å²) in [6.07, 6.45) is 5.04. The third-order valence-electron chi connectivity index (χ3n) is 5.05. The van der Waals surface area contributed by atoms with Crippen LogP contribution < -0.4 is 5.32 Å². The van der Waals surface area contributed by atoms with Crippen LogP contribution in [0.5, 0.6) is 0 Å². The van der Waals surface area contributed by atoms with Gasteiger partial charge < -0.3 is 5.32 Å². The SMILES string of the molecule is CC(C)C1CC(CNC2CC2)(c2c(Cl)cccc2Cl)C1. The second kappa shape index (κ2) is 5.51. The number of halogens is 2. The van der Waals surface area contributed by atoms with E-state index in [1.54, 1.807) is 0 Å². The van der Waals surface area contributed by atoms with Crippen LogP contribution in [0.15, 0.2) is 18.2 Å². The molecule has 0 heterocycles. The lowest BCUT2D eigenvalue weighted by Gasteiger charge is -2.51. The first kappa shape index (κ1) is 14.7. The summed E-state index contributed by atoms with van der Waals surface area (Å²) in [4.78, 5) is 0. The second-order valence-corrected chi connectivity index (χ2v) is 7.76. The van der Waals surface area contributed by atoms with Gasteiger partial charge in [-0.3, -0.25) is 0 Å². The van der Waals surface area contributed by atoms with Gasteiger partial charge in [0.05, 0.1) is 0 Å². The molecule has 20 heavy (non-hydrogen) atoms. The van der Waals surface area contributed by atoms with E-state index in [1.165, 1.54) is 31.2 Å². The Morgan fingerprint density at radius 1 is 1.20 bits per heavy atom. The number of benzene rings is 1. The van der Waals surface area contributed by atoms with E-state index in [0.29, 0.717) is 0 Å². The van der Waals surface area contributed by atoms with E-state index in [0.717, 1.165) is 34.5 Å². The molecular weight excluding hydrogens is 289 g/mol. The maximum atomic E-state index is 6.47. The third kappa shape index (κ3) is 2.73. The number of nitrogens with one attached hydrogen (secondary N) is 1. The molecular formula is C17H23Cl2N. The van der Waals surface area contributed by atoms with Crippen LogP contribution in [0.25, 0.3) is 0 Å². The molecule has 0 radical (unpaired) electrons. The van der Waals surface area contributed by atoms with E-state index in [-0.39, 0.29) is 5.41 Å². The van der Waals surface area contributed by atoms with Crippen LogP contribution in [-0.2, 0) is 5.41 Å². The van der Waals surface area contributed by atoms with Gasteiger partial charge in [-0.2, -0.15) is 0 Å². The van der Waals surface area contributed by atoms with Crippen LogP contribution in [0.2, 0.25) is 10.0 Å². The van der Waals surface area contributed by atoms with E-state index >= 15 is 0 Å². The van der Waals surface area contributed by atoms with E-state index in [9.17, 15) is 0 Å². The van der Waals surface area contributed by atoms with Crippen LogP contribution in [0, 0.1) is 11.8 Å². The van der Waals surface area contributed by atoms with Gasteiger partial charge in [-0.15, -0.1) is 0 Å². The van der Waals surface area contributed by atoms with Crippen molar-refractivity contribution < 1.29 is 0 Å². The van der Waals surface area contributed by atoms with Gasteiger partial charge in [0.1, 0.15) is 0 Å². The molecule has 2 saturated carbocycles. The summed E-state index contributed by atoms with van der Waals surface area (Å²) in [6, 6.07) is 6.62. The molecule has 0 atom stereocenters. The first-order valence-corrected chi connectivity index (χ1v) is 8.45. The smallest absolute Gasteiger partial charge is 0.0459 e. The largest absolute Gasteiger partial charge is 0.313 e. The van der Waals surface area contributed by atoms with Crippen molar-refractivity contribution >= 4 is 23.2 Å². The Morgan fingerprint density at radius 2 is 1.80 bits per heavy atom. The summed E-state index contributed by atoms with van der Waals surface area (Å²) in [6.45, 7) is 5.65. The third-order valence-corrected chi connectivity index (χ3v) is 5.68. The molecule has 110 valence electrons. The second-order valence-electron chi connectivity index (χ2n) is 6.94.